The van der Waals surface area contributed by atoms with Crippen LogP contribution in [0.1, 0.15) is 6.92 Å². The first-order valence-electron chi connectivity index (χ1n) is 4.17. The zero-order valence-corrected chi connectivity index (χ0v) is 9.49. The molecule has 0 rings (SSSR count). The normalized spacial score (nSPS) is 17.7. The van der Waals surface area contributed by atoms with Crippen molar-refractivity contribution in [3.8, 4) is 0 Å². The fraction of sp³-hybridized carbons (Fsp3) is 1.00. The molecule has 2 atom stereocenters. The van der Waals surface area contributed by atoms with E-state index >= 15 is 0 Å². The van der Waals surface area contributed by atoms with Crippen molar-refractivity contribution in [1.29, 1.82) is 0 Å². The number of hydrogen-bond acceptors (Lipinski definition) is 6. The Morgan fingerprint density at radius 1 is 1.29 bits per heavy atom. The molecule has 6 nitrogen and oxygen atoms in total. The summed E-state index contributed by atoms with van der Waals surface area (Å²) < 4.78 is 29.6. The van der Waals surface area contributed by atoms with Gasteiger partial charge in [0.2, 0.25) is 0 Å². The summed E-state index contributed by atoms with van der Waals surface area (Å²) in [6, 6.07) is 0. The van der Waals surface area contributed by atoms with Gasteiger partial charge < -0.3 is 23.4 Å². The second kappa shape index (κ2) is 7.34. The van der Waals surface area contributed by atoms with Crippen LogP contribution in [0.25, 0.3) is 0 Å². The van der Waals surface area contributed by atoms with Crippen LogP contribution in [0.3, 0.4) is 0 Å². The molecule has 0 aromatic rings. The van der Waals surface area contributed by atoms with Gasteiger partial charge >= 0.3 is 0 Å². The van der Waals surface area contributed by atoms with Crippen molar-refractivity contribution >= 4 is 7.82 Å². The molecule has 0 heterocycles. The Labute approximate surface area is 83.7 Å². The summed E-state index contributed by atoms with van der Waals surface area (Å²) in [4.78, 5) is 10.9. The first-order chi connectivity index (χ1) is 6.55. The van der Waals surface area contributed by atoms with Crippen molar-refractivity contribution in [2.75, 3.05) is 34.0 Å². The number of phosphoric acid groups is 1. The lowest BCUT2D eigenvalue weighted by Crippen LogP contribution is -2.24. The molecule has 0 radical (unpaired) electrons. The Bertz CT molecular complexity index is 185. The Kier molecular flexibility index (Phi) is 7.35. The molecular weight excluding hydrogens is 211 g/mol. The van der Waals surface area contributed by atoms with E-state index < -0.39 is 13.9 Å². The van der Waals surface area contributed by atoms with Gasteiger partial charge in [0, 0.05) is 14.2 Å². The monoisotopic (exact) mass is 227 g/mol. The third kappa shape index (κ3) is 6.48. The molecule has 0 saturated carbocycles. The minimum absolute atomic E-state index is 0.0582. The van der Waals surface area contributed by atoms with Gasteiger partial charge in [-0.3, -0.25) is 4.57 Å². The molecule has 0 aromatic heterocycles. The standard InChI is InChI=1S/C7H17O6P/c1-4-12-14(8,9)13-6-7(11-3)5-10-2/h7H,4-6H2,1-3H3,(H,8,9)/p-1. The second-order valence-corrected chi connectivity index (χ2v) is 3.88. The highest BCUT2D eigenvalue weighted by Gasteiger charge is 2.13. The SMILES string of the molecule is CCOP(=O)([O-])OCC(COC)OC. The van der Waals surface area contributed by atoms with Crippen LogP contribution < -0.4 is 4.89 Å². The van der Waals surface area contributed by atoms with E-state index in [1.165, 1.54) is 14.2 Å². The van der Waals surface area contributed by atoms with E-state index in [9.17, 15) is 9.46 Å². The van der Waals surface area contributed by atoms with Gasteiger partial charge in [-0.15, -0.1) is 0 Å². The van der Waals surface area contributed by atoms with Crippen molar-refractivity contribution in [2.45, 2.75) is 13.0 Å². The third-order valence-electron chi connectivity index (χ3n) is 1.39. The Morgan fingerprint density at radius 3 is 2.36 bits per heavy atom. The smallest absolute Gasteiger partial charge is 0.267 e. The second-order valence-electron chi connectivity index (χ2n) is 2.47. The topological polar surface area (TPSA) is 77.1 Å². The number of methoxy groups -OCH3 is 2. The molecule has 2 unspecified atom stereocenters. The minimum atomic E-state index is -4.17. The van der Waals surface area contributed by atoms with Gasteiger partial charge in [0.15, 0.2) is 0 Å². The molecular formula is C7H16O6P-. The van der Waals surface area contributed by atoms with Crippen molar-refractivity contribution in [1.82, 2.24) is 0 Å². The molecule has 0 saturated heterocycles. The Balaban J connectivity index is 3.83. The molecule has 86 valence electrons. The van der Waals surface area contributed by atoms with Gasteiger partial charge in [-0.1, -0.05) is 0 Å². The van der Waals surface area contributed by atoms with Gasteiger partial charge in [0.25, 0.3) is 7.82 Å². The molecule has 0 bridgehead atoms. The number of phosphoric ester groups is 1. The van der Waals surface area contributed by atoms with Crippen molar-refractivity contribution < 1.29 is 28.0 Å². The van der Waals surface area contributed by atoms with E-state index in [1.54, 1.807) is 6.92 Å². The molecule has 0 aliphatic carbocycles. The maximum Gasteiger partial charge on any atom is 0.267 e. The van der Waals surface area contributed by atoms with E-state index in [0.29, 0.717) is 0 Å². The fourth-order valence-electron chi connectivity index (χ4n) is 0.740. The maximum absolute atomic E-state index is 10.9. The largest absolute Gasteiger partial charge is 0.756 e. The summed E-state index contributed by atoms with van der Waals surface area (Å²) >= 11 is 0. The maximum atomic E-state index is 10.9. The van der Waals surface area contributed by atoms with Gasteiger partial charge in [-0.05, 0) is 6.92 Å². The summed E-state index contributed by atoms with van der Waals surface area (Å²) in [5.74, 6) is 0. The number of ether oxygens (including phenoxy) is 2. The highest BCUT2D eigenvalue weighted by molar-refractivity contribution is 7.45. The van der Waals surface area contributed by atoms with Crippen molar-refractivity contribution in [3.05, 3.63) is 0 Å². The summed E-state index contributed by atoms with van der Waals surface area (Å²) in [7, 11) is -1.23. The third-order valence-corrected chi connectivity index (χ3v) is 2.43. The quantitative estimate of drug-likeness (QED) is 0.550. The summed E-state index contributed by atoms with van der Waals surface area (Å²) in [6.07, 6.45) is -0.414. The minimum Gasteiger partial charge on any atom is -0.756 e. The van der Waals surface area contributed by atoms with Crippen LogP contribution in [0.2, 0.25) is 0 Å². The molecule has 0 amide bonds. The van der Waals surface area contributed by atoms with Crippen LogP contribution in [0, 0.1) is 0 Å². The number of hydrogen-bond donors (Lipinski definition) is 0. The Hall–Kier alpha value is 0.0300. The lowest BCUT2D eigenvalue weighted by atomic mass is 10.4. The van der Waals surface area contributed by atoms with Crippen LogP contribution in [0.5, 0.6) is 0 Å². The van der Waals surface area contributed by atoms with Crippen molar-refractivity contribution in [3.63, 3.8) is 0 Å². The molecule has 0 aliphatic rings. The summed E-state index contributed by atoms with van der Waals surface area (Å²) in [5.41, 5.74) is 0. The lowest BCUT2D eigenvalue weighted by molar-refractivity contribution is -0.227. The van der Waals surface area contributed by atoms with Crippen molar-refractivity contribution in [2.24, 2.45) is 0 Å². The average Bonchev–Trinajstić information content (AvgIpc) is 2.12. The van der Waals surface area contributed by atoms with Gasteiger partial charge in [-0.25, -0.2) is 0 Å². The molecule has 7 heteroatoms. The highest BCUT2D eigenvalue weighted by atomic mass is 31.2. The predicted octanol–water partition coefficient (Wildman–Crippen LogP) is 0.169. The van der Waals surface area contributed by atoms with E-state index in [0.717, 1.165) is 0 Å². The van der Waals surface area contributed by atoms with Crippen LogP contribution in [0.4, 0.5) is 0 Å². The highest BCUT2D eigenvalue weighted by Crippen LogP contribution is 2.37. The van der Waals surface area contributed by atoms with Crippen LogP contribution in [0.15, 0.2) is 0 Å². The van der Waals surface area contributed by atoms with Gasteiger partial charge in [0.1, 0.15) is 6.10 Å². The zero-order valence-electron chi connectivity index (χ0n) is 8.60. The van der Waals surface area contributed by atoms with Crippen LogP contribution in [-0.2, 0) is 23.1 Å². The number of rotatable bonds is 8. The molecule has 14 heavy (non-hydrogen) atoms. The average molecular weight is 227 g/mol. The zero-order chi connectivity index (χ0) is 11.0. The fourth-order valence-corrected chi connectivity index (χ4v) is 1.48. The summed E-state index contributed by atoms with van der Waals surface area (Å²) in [5, 5.41) is 0. The molecule has 0 fully saturated rings. The van der Waals surface area contributed by atoms with E-state index in [2.05, 4.69) is 9.05 Å². The molecule has 0 spiro atoms. The van der Waals surface area contributed by atoms with Gasteiger partial charge in [0.05, 0.1) is 19.8 Å². The van der Waals surface area contributed by atoms with E-state index in [1.807, 2.05) is 0 Å². The van der Waals surface area contributed by atoms with Gasteiger partial charge in [-0.2, -0.15) is 0 Å². The van der Waals surface area contributed by atoms with Crippen LogP contribution >= 0.6 is 7.82 Å². The van der Waals surface area contributed by atoms with Crippen LogP contribution in [-0.4, -0.2) is 40.1 Å². The first-order valence-corrected chi connectivity index (χ1v) is 5.63. The lowest BCUT2D eigenvalue weighted by Gasteiger charge is -2.24. The molecule has 0 aromatic carbocycles. The molecule has 0 aliphatic heterocycles. The Morgan fingerprint density at radius 2 is 1.93 bits per heavy atom. The summed E-state index contributed by atoms with van der Waals surface area (Å²) in [6.45, 7) is 1.79. The van der Waals surface area contributed by atoms with E-state index in [4.69, 9.17) is 9.47 Å². The first kappa shape index (κ1) is 14.0. The van der Waals surface area contributed by atoms with E-state index in [-0.39, 0.29) is 19.8 Å². The molecule has 0 N–H and O–H groups in total. The predicted molar refractivity (Wildman–Crippen MR) is 47.9 cm³/mol.